The third-order valence-corrected chi connectivity index (χ3v) is 4.66. The van der Waals surface area contributed by atoms with Gasteiger partial charge in [-0.2, -0.15) is 0 Å². The first-order chi connectivity index (χ1) is 11.8. The summed E-state index contributed by atoms with van der Waals surface area (Å²) in [6, 6.07) is 14.3. The van der Waals surface area contributed by atoms with Crippen LogP contribution in [0, 0.1) is 6.92 Å². The van der Waals surface area contributed by atoms with E-state index >= 15 is 0 Å². The predicted octanol–water partition coefficient (Wildman–Crippen LogP) is 2.97. The number of fused-ring (bicyclic) bond motifs is 1. The van der Waals surface area contributed by atoms with Crippen LogP contribution in [0.2, 0.25) is 0 Å². The lowest BCUT2D eigenvalue weighted by molar-refractivity contribution is 0.603. The molecule has 1 aromatic carbocycles. The average Bonchev–Trinajstić information content (AvgIpc) is 3.19. The van der Waals surface area contributed by atoms with Crippen molar-refractivity contribution in [1.82, 2.24) is 29.6 Å². The fraction of sp³-hybridized carbons (Fsp3) is 0.176. The summed E-state index contributed by atoms with van der Waals surface area (Å²) in [5, 5.41) is 12.8. The lowest BCUT2D eigenvalue weighted by Gasteiger charge is -2.03. The van der Waals surface area contributed by atoms with Crippen molar-refractivity contribution in [1.29, 1.82) is 0 Å². The van der Waals surface area contributed by atoms with Crippen LogP contribution in [0.4, 0.5) is 0 Å². The number of rotatable bonds is 5. The molecule has 4 rings (SSSR count). The minimum atomic E-state index is 0.667. The highest BCUT2D eigenvalue weighted by Gasteiger charge is 2.09. The van der Waals surface area contributed by atoms with Crippen LogP contribution in [0.1, 0.15) is 16.8 Å². The second-order valence-corrected chi connectivity index (χ2v) is 6.54. The summed E-state index contributed by atoms with van der Waals surface area (Å²) in [6.07, 6.45) is 4.14. The second-order valence-electron chi connectivity index (χ2n) is 5.60. The minimum Gasteiger partial charge on any atom is -0.307 e. The summed E-state index contributed by atoms with van der Waals surface area (Å²) in [4.78, 5) is 4.63. The molecule has 0 aliphatic rings. The van der Waals surface area contributed by atoms with Gasteiger partial charge in [-0.25, -0.2) is 9.67 Å². The number of nitrogens with zero attached hydrogens (tertiary/aromatic N) is 6. The molecule has 0 saturated carbocycles. The fourth-order valence-electron chi connectivity index (χ4n) is 2.52. The average molecular weight is 336 g/mol. The van der Waals surface area contributed by atoms with E-state index in [1.165, 1.54) is 11.1 Å². The zero-order valence-electron chi connectivity index (χ0n) is 13.2. The molecule has 7 heteroatoms. The van der Waals surface area contributed by atoms with E-state index in [0.717, 1.165) is 22.3 Å². The maximum atomic E-state index is 4.63. The molecule has 120 valence electrons. The summed E-state index contributed by atoms with van der Waals surface area (Å²) in [5.41, 5.74) is 4.36. The van der Waals surface area contributed by atoms with E-state index in [4.69, 9.17) is 0 Å². The van der Waals surface area contributed by atoms with Crippen molar-refractivity contribution in [2.75, 3.05) is 0 Å². The summed E-state index contributed by atoms with van der Waals surface area (Å²) in [6.45, 7) is 2.74. The standard InChI is InChI=1S/C17H16N6S/c1-13-7-8-16-18-15(11-22(16)9-13)12-24-17-19-20-21-23(17)10-14-5-3-2-4-6-14/h2-9,11H,10,12H2,1H3. The lowest BCUT2D eigenvalue weighted by Crippen LogP contribution is -2.03. The number of thioether (sulfide) groups is 1. The van der Waals surface area contributed by atoms with Gasteiger partial charge in [-0.3, -0.25) is 0 Å². The maximum Gasteiger partial charge on any atom is 0.210 e. The van der Waals surface area contributed by atoms with Crippen LogP contribution < -0.4 is 0 Å². The molecule has 0 fully saturated rings. The Morgan fingerprint density at radius 1 is 1.04 bits per heavy atom. The Balaban J connectivity index is 1.48. The van der Waals surface area contributed by atoms with Gasteiger partial charge in [0.1, 0.15) is 5.65 Å². The summed E-state index contributed by atoms with van der Waals surface area (Å²) in [7, 11) is 0. The highest BCUT2D eigenvalue weighted by molar-refractivity contribution is 7.98. The quantitative estimate of drug-likeness (QED) is 0.524. The monoisotopic (exact) mass is 336 g/mol. The zero-order valence-corrected chi connectivity index (χ0v) is 14.0. The van der Waals surface area contributed by atoms with Gasteiger partial charge in [-0.15, -0.1) is 5.10 Å². The van der Waals surface area contributed by atoms with Crippen molar-refractivity contribution in [3.8, 4) is 0 Å². The van der Waals surface area contributed by atoms with Gasteiger partial charge in [0.05, 0.1) is 12.2 Å². The molecule has 0 aliphatic carbocycles. The molecule has 0 N–H and O–H groups in total. The molecule has 3 heterocycles. The molecule has 6 nitrogen and oxygen atoms in total. The molecule has 0 spiro atoms. The molecule has 0 bridgehead atoms. The van der Waals surface area contributed by atoms with Crippen molar-refractivity contribution < 1.29 is 0 Å². The molecule has 0 amide bonds. The first kappa shape index (κ1) is 14.9. The van der Waals surface area contributed by atoms with E-state index in [9.17, 15) is 0 Å². The number of aromatic nitrogens is 6. The maximum absolute atomic E-state index is 4.63. The molecule has 4 aromatic rings. The second kappa shape index (κ2) is 6.45. The van der Waals surface area contributed by atoms with Crippen molar-refractivity contribution in [3.63, 3.8) is 0 Å². The Hall–Kier alpha value is -2.67. The number of pyridine rings is 1. The van der Waals surface area contributed by atoms with Crippen LogP contribution in [0.25, 0.3) is 5.65 Å². The van der Waals surface area contributed by atoms with Crippen LogP contribution >= 0.6 is 11.8 Å². The molecule has 24 heavy (non-hydrogen) atoms. The Morgan fingerprint density at radius 2 is 1.92 bits per heavy atom. The number of aryl methyl sites for hydroxylation is 1. The lowest BCUT2D eigenvalue weighted by atomic mass is 10.2. The first-order valence-electron chi connectivity index (χ1n) is 7.65. The van der Waals surface area contributed by atoms with Crippen molar-refractivity contribution in [2.45, 2.75) is 24.4 Å². The van der Waals surface area contributed by atoms with Crippen LogP contribution in [-0.4, -0.2) is 29.6 Å². The molecule has 0 radical (unpaired) electrons. The Bertz CT molecular complexity index is 960. The fourth-order valence-corrected chi connectivity index (χ4v) is 3.28. The van der Waals surface area contributed by atoms with Gasteiger partial charge in [0.15, 0.2) is 0 Å². The van der Waals surface area contributed by atoms with Crippen LogP contribution in [0.15, 0.2) is 60.0 Å². The van der Waals surface area contributed by atoms with Gasteiger partial charge >= 0.3 is 0 Å². The third kappa shape index (κ3) is 3.16. The SMILES string of the molecule is Cc1ccc2nc(CSc3nnnn3Cc3ccccc3)cn2c1. The summed E-state index contributed by atoms with van der Waals surface area (Å²) < 4.78 is 3.87. The van der Waals surface area contributed by atoms with Crippen molar-refractivity contribution in [2.24, 2.45) is 0 Å². The smallest absolute Gasteiger partial charge is 0.210 e. The Kier molecular flexibility index (Phi) is 4.00. The van der Waals surface area contributed by atoms with Crippen molar-refractivity contribution in [3.05, 3.63) is 71.7 Å². The van der Waals surface area contributed by atoms with Crippen LogP contribution in [0.5, 0.6) is 0 Å². The predicted molar refractivity (Wildman–Crippen MR) is 92.9 cm³/mol. The largest absolute Gasteiger partial charge is 0.307 e. The number of imidazole rings is 1. The highest BCUT2D eigenvalue weighted by atomic mass is 32.2. The molecule has 0 unspecified atom stereocenters. The minimum absolute atomic E-state index is 0.667. The summed E-state index contributed by atoms with van der Waals surface area (Å²) in [5.74, 6) is 0.732. The molecular weight excluding hydrogens is 320 g/mol. The van der Waals surface area contributed by atoms with Crippen molar-refractivity contribution >= 4 is 17.4 Å². The Labute approximate surface area is 143 Å². The van der Waals surface area contributed by atoms with E-state index in [1.54, 1.807) is 11.8 Å². The normalized spacial score (nSPS) is 11.2. The molecule has 3 aromatic heterocycles. The van der Waals surface area contributed by atoms with E-state index in [0.29, 0.717) is 6.54 Å². The van der Waals surface area contributed by atoms with Gasteiger partial charge in [-0.1, -0.05) is 48.2 Å². The van der Waals surface area contributed by atoms with E-state index in [-0.39, 0.29) is 0 Å². The number of hydrogen-bond donors (Lipinski definition) is 0. The topological polar surface area (TPSA) is 60.9 Å². The molecule has 0 saturated heterocycles. The van der Waals surface area contributed by atoms with E-state index in [2.05, 4.69) is 62.4 Å². The number of tetrazole rings is 1. The number of benzene rings is 1. The van der Waals surface area contributed by atoms with E-state index < -0.39 is 0 Å². The Morgan fingerprint density at radius 3 is 2.79 bits per heavy atom. The van der Waals surface area contributed by atoms with E-state index in [1.807, 2.05) is 28.9 Å². The molecule has 0 aliphatic heterocycles. The third-order valence-electron chi connectivity index (χ3n) is 3.67. The molecular formula is C17H16N6S. The van der Waals surface area contributed by atoms with Crippen LogP contribution in [0.3, 0.4) is 0 Å². The summed E-state index contributed by atoms with van der Waals surface area (Å²) >= 11 is 1.60. The van der Waals surface area contributed by atoms with Gasteiger partial charge in [0.2, 0.25) is 5.16 Å². The van der Waals surface area contributed by atoms with Gasteiger partial charge in [0.25, 0.3) is 0 Å². The molecule has 0 atom stereocenters. The van der Waals surface area contributed by atoms with Crippen LogP contribution in [-0.2, 0) is 12.3 Å². The van der Waals surface area contributed by atoms with Gasteiger partial charge in [-0.05, 0) is 34.5 Å². The van der Waals surface area contributed by atoms with Gasteiger partial charge < -0.3 is 4.40 Å². The zero-order chi connectivity index (χ0) is 16.4. The first-order valence-corrected chi connectivity index (χ1v) is 8.63. The highest BCUT2D eigenvalue weighted by Crippen LogP contribution is 2.20. The number of hydrogen-bond acceptors (Lipinski definition) is 5. The van der Waals surface area contributed by atoms with Gasteiger partial charge in [0, 0.05) is 18.1 Å².